The molecule has 0 bridgehead atoms. The summed E-state index contributed by atoms with van der Waals surface area (Å²) < 4.78 is 3.39. The van der Waals surface area contributed by atoms with Gasteiger partial charge < -0.3 is 9.62 Å². The van der Waals surface area contributed by atoms with Crippen molar-refractivity contribution < 1.29 is 0 Å². The van der Waals surface area contributed by atoms with E-state index in [1.807, 2.05) is 43.7 Å². The Kier molecular flexibility index (Phi) is 2.10. The molecule has 0 aromatic carbocycles. The van der Waals surface area contributed by atoms with Crippen LogP contribution in [0.25, 0.3) is 0 Å². The molecule has 0 saturated heterocycles. The normalized spacial score (nSPS) is 14.5. The minimum Gasteiger partial charge on any atom is -0.342 e. The molecule has 8 nitrogen and oxygen atoms in total. The largest absolute Gasteiger partial charge is 0.405 e. The van der Waals surface area contributed by atoms with E-state index in [-0.39, 0.29) is 0 Å². The standard InChI is InChI=1S/C8H10BN8/c1-14-7(10-5-12-14)16-3-4-17(9-16)8-11-6-13-15(8)2/h3-6H,1-2H3. The van der Waals surface area contributed by atoms with Crippen LogP contribution in [0.5, 0.6) is 0 Å². The average molecular weight is 229 g/mol. The first-order chi connectivity index (χ1) is 8.25. The van der Waals surface area contributed by atoms with Gasteiger partial charge in [0.2, 0.25) is 11.9 Å². The highest BCUT2D eigenvalue weighted by atomic mass is 15.5. The van der Waals surface area contributed by atoms with Crippen LogP contribution in [0.1, 0.15) is 0 Å². The van der Waals surface area contributed by atoms with Gasteiger partial charge in [-0.05, 0) is 0 Å². The van der Waals surface area contributed by atoms with Gasteiger partial charge in [0.1, 0.15) is 12.7 Å². The molecule has 17 heavy (non-hydrogen) atoms. The lowest BCUT2D eigenvalue weighted by Crippen LogP contribution is -2.32. The molecule has 3 heterocycles. The smallest absolute Gasteiger partial charge is 0.342 e. The summed E-state index contributed by atoms with van der Waals surface area (Å²) >= 11 is 0. The average Bonchev–Trinajstić information content (AvgIpc) is 2.97. The number of aryl methyl sites for hydroxylation is 2. The maximum atomic E-state index is 4.16. The van der Waals surface area contributed by atoms with Crippen LogP contribution in [-0.2, 0) is 14.1 Å². The zero-order chi connectivity index (χ0) is 11.8. The third-order valence-corrected chi connectivity index (χ3v) is 2.47. The number of rotatable bonds is 2. The van der Waals surface area contributed by atoms with Crippen molar-refractivity contribution >= 4 is 19.4 Å². The van der Waals surface area contributed by atoms with E-state index in [0.717, 1.165) is 11.9 Å². The lowest BCUT2D eigenvalue weighted by atomic mass is 10.1. The van der Waals surface area contributed by atoms with Crippen LogP contribution in [0, 0.1) is 0 Å². The molecule has 0 N–H and O–H groups in total. The Morgan fingerprint density at radius 1 is 0.882 bits per heavy atom. The predicted octanol–water partition coefficient (Wildman–Crippen LogP) is -0.724. The Bertz CT molecular complexity index is 509. The SMILES string of the molecule is Cn1ncnc1N1[B]N(c2ncnn2C)C=C1. The molecule has 1 aliphatic heterocycles. The van der Waals surface area contributed by atoms with Crippen LogP contribution < -0.4 is 9.62 Å². The zero-order valence-electron chi connectivity index (χ0n) is 9.46. The van der Waals surface area contributed by atoms with Crippen LogP contribution >= 0.6 is 0 Å². The first kappa shape index (κ1) is 9.88. The van der Waals surface area contributed by atoms with E-state index in [1.54, 1.807) is 9.36 Å². The van der Waals surface area contributed by atoms with Gasteiger partial charge in [-0.3, -0.25) is 0 Å². The fraction of sp³-hybridized carbons (Fsp3) is 0.250. The monoisotopic (exact) mass is 229 g/mol. The van der Waals surface area contributed by atoms with E-state index in [2.05, 4.69) is 20.2 Å². The molecule has 0 atom stereocenters. The topological polar surface area (TPSA) is 67.9 Å². The highest BCUT2D eigenvalue weighted by Crippen LogP contribution is 2.17. The number of anilines is 2. The van der Waals surface area contributed by atoms with Gasteiger partial charge in [-0.15, -0.1) is 0 Å². The van der Waals surface area contributed by atoms with Crippen molar-refractivity contribution in [2.75, 3.05) is 9.62 Å². The molecule has 2 aromatic rings. The van der Waals surface area contributed by atoms with Crippen molar-refractivity contribution in [2.24, 2.45) is 14.1 Å². The Labute approximate surface area is 98.5 Å². The van der Waals surface area contributed by atoms with Crippen molar-refractivity contribution in [1.29, 1.82) is 0 Å². The quantitative estimate of drug-likeness (QED) is 0.633. The van der Waals surface area contributed by atoms with Crippen molar-refractivity contribution in [1.82, 2.24) is 29.5 Å². The number of hydrogen-bond acceptors (Lipinski definition) is 6. The first-order valence-corrected chi connectivity index (χ1v) is 5.03. The van der Waals surface area contributed by atoms with Gasteiger partial charge in [-0.1, -0.05) is 0 Å². The van der Waals surface area contributed by atoms with Crippen LogP contribution in [0.15, 0.2) is 25.1 Å². The summed E-state index contributed by atoms with van der Waals surface area (Å²) in [6.45, 7) is 0. The van der Waals surface area contributed by atoms with Crippen molar-refractivity contribution in [3.05, 3.63) is 25.1 Å². The molecule has 9 heteroatoms. The molecule has 3 rings (SSSR count). The lowest BCUT2D eigenvalue weighted by molar-refractivity contribution is 0.765. The van der Waals surface area contributed by atoms with Gasteiger partial charge in [0, 0.05) is 26.5 Å². The number of hydrogen-bond donors (Lipinski definition) is 0. The molecule has 0 saturated carbocycles. The van der Waals surface area contributed by atoms with Crippen molar-refractivity contribution in [3.63, 3.8) is 0 Å². The molecular formula is C8H10BN8. The molecule has 2 aromatic heterocycles. The highest BCUT2D eigenvalue weighted by molar-refractivity contribution is 6.49. The summed E-state index contributed by atoms with van der Waals surface area (Å²) in [5.74, 6) is 1.48. The fourth-order valence-corrected chi connectivity index (χ4v) is 1.64. The van der Waals surface area contributed by atoms with Crippen molar-refractivity contribution in [2.45, 2.75) is 0 Å². The van der Waals surface area contributed by atoms with E-state index in [9.17, 15) is 0 Å². The molecular weight excluding hydrogens is 219 g/mol. The van der Waals surface area contributed by atoms with Gasteiger partial charge in [0.05, 0.1) is 0 Å². The summed E-state index contributed by atoms with van der Waals surface area (Å²) in [7, 11) is 5.55. The molecule has 0 spiro atoms. The van der Waals surface area contributed by atoms with E-state index in [4.69, 9.17) is 0 Å². The Morgan fingerprint density at radius 2 is 1.35 bits per heavy atom. The maximum absolute atomic E-state index is 4.16. The van der Waals surface area contributed by atoms with E-state index >= 15 is 0 Å². The third-order valence-electron chi connectivity index (χ3n) is 2.47. The first-order valence-electron chi connectivity index (χ1n) is 5.03. The van der Waals surface area contributed by atoms with Gasteiger partial charge in [-0.2, -0.15) is 10.2 Å². The molecule has 0 fully saturated rings. The van der Waals surface area contributed by atoms with Gasteiger partial charge in [-0.25, -0.2) is 19.3 Å². The van der Waals surface area contributed by atoms with Gasteiger partial charge >= 0.3 is 7.55 Å². The van der Waals surface area contributed by atoms with E-state index < -0.39 is 0 Å². The summed E-state index contributed by atoms with van der Waals surface area (Å²) in [5.41, 5.74) is 0. The Balaban J connectivity index is 1.82. The minimum atomic E-state index is 0.742. The second kappa shape index (κ2) is 3.61. The van der Waals surface area contributed by atoms with Crippen LogP contribution in [0.3, 0.4) is 0 Å². The van der Waals surface area contributed by atoms with Gasteiger partial charge in [0.15, 0.2) is 0 Å². The zero-order valence-corrected chi connectivity index (χ0v) is 9.46. The Hall–Kier alpha value is -2.32. The molecule has 85 valence electrons. The van der Waals surface area contributed by atoms with Crippen molar-refractivity contribution in [3.8, 4) is 0 Å². The molecule has 0 aliphatic carbocycles. The lowest BCUT2D eigenvalue weighted by Gasteiger charge is -2.16. The fourth-order valence-electron chi connectivity index (χ4n) is 1.64. The highest BCUT2D eigenvalue weighted by Gasteiger charge is 2.24. The molecule has 1 aliphatic rings. The van der Waals surface area contributed by atoms with Crippen LogP contribution in [0.2, 0.25) is 0 Å². The number of nitrogens with zero attached hydrogens (tertiary/aromatic N) is 8. The second-order valence-corrected chi connectivity index (χ2v) is 3.60. The third kappa shape index (κ3) is 1.55. The maximum Gasteiger partial charge on any atom is 0.405 e. The minimum absolute atomic E-state index is 0.742. The van der Waals surface area contributed by atoms with Crippen LogP contribution in [-0.4, -0.2) is 37.1 Å². The molecule has 0 amide bonds. The van der Waals surface area contributed by atoms with E-state index in [0.29, 0.717) is 0 Å². The van der Waals surface area contributed by atoms with E-state index in [1.165, 1.54) is 12.7 Å². The molecule has 0 unspecified atom stereocenters. The summed E-state index contributed by atoms with van der Waals surface area (Å²) in [4.78, 5) is 12.0. The van der Waals surface area contributed by atoms with Gasteiger partial charge in [0.25, 0.3) is 0 Å². The Morgan fingerprint density at radius 3 is 1.71 bits per heavy atom. The second-order valence-electron chi connectivity index (χ2n) is 3.60. The van der Waals surface area contributed by atoms with Crippen LogP contribution in [0.4, 0.5) is 11.9 Å². The summed E-state index contributed by atoms with van der Waals surface area (Å²) in [6, 6.07) is 0. The summed E-state index contributed by atoms with van der Waals surface area (Å²) in [5, 5.41) is 8.05. The molecule has 1 radical (unpaired) electrons. The predicted molar refractivity (Wildman–Crippen MR) is 61.9 cm³/mol. The number of aromatic nitrogens is 6. The summed E-state index contributed by atoms with van der Waals surface area (Å²) in [6.07, 6.45) is 6.81.